The number of rotatable bonds is 4. The molecule has 0 heterocycles. The maximum absolute atomic E-state index is 10.6. The van der Waals surface area contributed by atoms with Gasteiger partial charge in [-0.1, -0.05) is 0 Å². The van der Waals surface area contributed by atoms with Crippen molar-refractivity contribution >= 4 is 5.97 Å². The smallest absolute Gasteiger partial charge is 0.337 e. The zero-order valence-corrected chi connectivity index (χ0v) is 6.66. The second kappa shape index (κ2) is 5.58. The molecule has 0 aromatic heterocycles. The summed E-state index contributed by atoms with van der Waals surface area (Å²) in [6.45, 7) is 4.00. The third-order valence-corrected chi connectivity index (χ3v) is 0.820. The Balaban J connectivity index is 3.76. The molecule has 4 nitrogen and oxygen atoms in total. The van der Waals surface area contributed by atoms with Crippen LogP contribution < -0.4 is 0 Å². The zero-order chi connectivity index (χ0) is 8.69. The van der Waals surface area contributed by atoms with Crippen LogP contribution in [0.25, 0.3) is 0 Å². The lowest BCUT2D eigenvalue weighted by Gasteiger charge is -1.99. The Bertz CT molecular complexity index is 151. The molecule has 0 aliphatic rings. The van der Waals surface area contributed by atoms with E-state index in [1.807, 2.05) is 0 Å². The van der Waals surface area contributed by atoms with Gasteiger partial charge in [0.15, 0.2) is 0 Å². The molecule has 0 amide bonds. The maximum Gasteiger partial charge on any atom is 0.337 e. The molecule has 64 valence electrons. The minimum Gasteiger partial charge on any atom is -0.481 e. The molecule has 0 aliphatic heterocycles. The van der Waals surface area contributed by atoms with Gasteiger partial charge < -0.3 is 14.6 Å². The molecule has 0 saturated carbocycles. The predicted octanol–water partition coefficient (Wildman–Crippen LogP) is 0.985. The van der Waals surface area contributed by atoms with Crippen LogP contribution in [-0.2, 0) is 14.3 Å². The van der Waals surface area contributed by atoms with E-state index in [2.05, 4.69) is 9.47 Å². The number of hydrogen-bond acceptors (Lipinski definition) is 4. The molecule has 0 unspecified atom stereocenters. The Hall–Kier alpha value is -1.19. The zero-order valence-electron chi connectivity index (χ0n) is 6.66. The molecule has 0 rings (SSSR count). The van der Waals surface area contributed by atoms with Gasteiger partial charge >= 0.3 is 5.97 Å². The van der Waals surface area contributed by atoms with Gasteiger partial charge in [0.05, 0.1) is 13.2 Å². The van der Waals surface area contributed by atoms with Gasteiger partial charge in [-0.15, -0.1) is 0 Å². The van der Waals surface area contributed by atoms with E-state index < -0.39 is 11.9 Å². The number of hydrogen-bond donors (Lipinski definition) is 1. The van der Waals surface area contributed by atoms with Crippen molar-refractivity contribution in [1.82, 2.24) is 0 Å². The van der Waals surface area contributed by atoms with Gasteiger partial charge in [-0.25, -0.2) is 4.79 Å². The van der Waals surface area contributed by atoms with E-state index in [-0.39, 0.29) is 6.61 Å². The van der Waals surface area contributed by atoms with Crippen molar-refractivity contribution in [3.8, 4) is 0 Å². The van der Waals surface area contributed by atoms with Crippen LogP contribution in [0, 0.1) is 0 Å². The molecule has 1 N–H and O–H groups in total. The van der Waals surface area contributed by atoms with E-state index >= 15 is 0 Å². The quantitative estimate of drug-likeness (QED) is 0.378. The molecule has 11 heavy (non-hydrogen) atoms. The summed E-state index contributed by atoms with van der Waals surface area (Å²) < 4.78 is 9.08. The van der Waals surface area contributed by atoms with Crippen molar-refractivity contribution in [2.75, 3.05) is 13.2 Å². The Morgan fingerprint density at radius 1 is 1.36 bits per heavy atom. The first kappa shape index (κ1) is 9.81. The van der Waals surface area contributed by atoms with Gasteiger partial charge in [0.25, 0.3) is 5.95 Å². The van der Waals surface area contributed by atoms with Crippen LogP contribution in [0.4, 0.5) is 0 Å². The van der Waals surface area contributed by atoms with Crippen molar-refractivity contribution in [3.63, 3.8) is 0 Å². The number of ether oxygens (including phenoxy) is 2. The summed E-state index contributed by atoms with van der Waals surface area (Å²) in [5, 5.41) is 8.78. The van der Waals surface area contributed by atoms with Gasteiger partial charge in [-0.3, -0.25) is 0 Å². The molecule has 0 spiro atoms. The summed E-state index contributed by atoms with van der Waals surface area (Å²) in [6, 6.07) is 0. The van der Waals surface area contributed by atoms with E-state index in [0.717, 1.165) is 6.08 Å². The van der Waals surface area contributed by atoms with E-state index in [1.165, 1.54) is 0 Å². The Morgan fingerprint density at radius 3 is 2.36 bits per heavy atom. The average molecular weight is 160 g/mol. The fourth-order valence-electron chi connectivity index (χ4n) is 0.474. The van der Waals surface area contributed by atoms with Gasteiger partial charge in [-0.05, 0) is 13.8 Å². The summed E-state index contributed by atoms with van der Waals surface area (Å²) in [4.78, 5) is 10.6. The predicted molar refractivity (Wildman–Crippen MR) is 39.0 cm³/mol. The minimum absolute atomic E-state index is 0.286. The average Bonchev–Trinajstić information content (AvgIpc) is 1.87. The maximum atomic E-state index is 10.6. The molecule has 0 aromatic rings. The van der Waals surface area contributed by atoms with Crippen LogP contribution in [0.3, 0.4) is 0 Å². The van der Waals surface area contributed by atoms with E-state index in [9.17, 15) is 4.79 Å². The van der Waals surface area contributed by atoms with Gasteiger partial charge in [0, 0.05) is 0 Å². The topological polar surface area (TPSA) is 55.8 Å². The van der Waals surface area contributed by atoms with Crippen molar-refractivity contribution in [2.24, 2.45) is 0 Å². The first-order chi connectivity index (χ1) is 5.20. The largest absolute Gasteiger partial charge is 0.481 e. The second-order valence-electron chi connectivity index (χ2n) is 1.67. The summed E-state index contributed by atoms with van der Waals surface area (Å²) in [6.07, 6.45) is 0.896. The number of aliphatic hydroxyl groups is 1. The molecule has 0 aliphatic carbocycles. The van der Waals surface area contributed by atoms with Gasteiger partial charge in [0.2, 0.25) is 0 Å². The molecule has 0 aromatic carbocycles. The number of carbonyl (C=O) groups excluding carboxylic acids is 1. The standard InChI is InChI=1S/C7H12O4/c1-3-10-6(8)5-7(9)11-4-2/h5,8H,3-4H2,1-2H3/b6-5-. The van der Waals surface area contributed by atoms with E-state index in [1.54, 1.807) is 13.8 Å². The highest BCUT2D eigenvalue weighted by atomic mass is 16.6. The van der Waals surface area contributed by atoms with Crippen LogP contribution >= 0.6 is 0 Å². The van der Waals surface area contributed by atoms with Crippen molar-refractivity contribution < 1.29 is 19.4 Å². The minimum atomic E-state index is -0.599. The number of esters is 1. The van der Waals surface area contributed by atoms with Crippen LogP contribution in [-0.4, -0.2) is 24.3 Å². The monoisotopic (exact) mass is 160 g/mol. The lowest BCUT2D eigenvalue weighted by molar-refractivity contribution is -0.137. The second-order valence-corrected chi connectivity index (χ2v) is 1.67. The van der Waals surface area contributed by atoms with Crippen LogP contribution in [0.15, 0.2) is 12.0 Å². The molecule has 0 fully saturated rings. The summed E-state index contributed by atoms with van der Waals surface area (Å²) >= 11 is 0. The third-order valence-electron chi connectivity index (χ3n) is 0.820. The first-order valence-corrected chi connectivity index (χ1v) is 3.40. The highest BCUT2D eigenvalue weighted by molar-refractivity contribution is 5.82. The molecule has 4 heteroatoms. The van der Waals surface area contributed by atoms with Crippen LogP contribution in [0.2, 0.25) is 0 Å². The van der Waals surface area contributed by atoms with Crippen molar-refractivity contribution in [3.05, 3.63) is 12.0 Å². The summed E-state index contributed by atoms with van der Waals surface area (Å²) in [7, 11) is 0. The van der Waals surface area contributed by atoms with E-state index in [0.29, 0.717) is 6.61 Å². The third kappa shape index (κ3) is 5.26. The van der Waals surface area contributed by atoms with Crippen molar-refractivity contribution in [1.29, 1.82) is 0 Å². The van der Waals surface area contributed by atoms with Crippen LogP contribution in [0.1, 0.15) is 13.8 Å². The molecule has 0 atom stereocenters. The van der Waals surface area contributed by atoms with Crippen molar-refractivity contribution in [2.45, 2.75) is 13.8 Å². The number of aliphatic hydroxyl groups excluding tert-OH is 1. The summed E-state index contributed by atoms with van der Waals surface area (Å²) in [5.74, 6) is -1.01. The van der Waals surface area contributed by atoms with Crippen LogP contribution in [0.5, 0.6) is 0 Å². The lowest BCUT2D eigenvalue weighted by Crippen LogP contribution is -2.02. The fourth-order valence-corrected chi connectivity index (χ4v) is 0.474. The number of carbonyl (C=O) groups is 1. The molecular formula is C7H12O4. The molecule has 0 saturated heterocycles. The normalized spacial score (nSPS) is 10.9. The molecular weight excluding hydrogens is 148 g/mol. The molecule has 0 radical (unpaired) electrons. The highest BCUT2D eigenvalue weighted by Crippen LogP contribution is 1.91. The molecule has 0 bridgehead atoms. The van der Waals surface area contributed by atoms with Gasteiger partial charge in [0.1, 0.15) is 6.08 Å². The Morgan fingerprint density at radius 2 is 1.91 bits per heavy atom. The summed E-state index contributed by atoms with van der Waals surface area (Å²) in [5.41, 5.74) is 0. The Kier molecular flexibility index (Phi) is 4.98. The highest BCUT2D eigenvalue weighted by Gasteiger charge is 1.99. The SMILES string of the molecule is CCOC(=O)/C=C(/O)OCC. The fraction of sp³-hybridized carbons (Fsp3) is 0.571. The van der Waals surface area contributed by atoms with E-state index in [4.69, 9.17) is 5.11 Å². The Labute approximate surface area is 65.4 Å². The van der Waals surface area contributed by atoms with Gasteiger partial charge in [-0.2, -0.15) is 0 Å². The first-order valence-electron chi connectivity index (χ1n) is 3.40. The lowest BCUT2D eigenvalue weighted by atomic mass is 10.6.